The molecule has 0 aliphatic carbocycles. The summed E-state index contributed by atoms with van der Waals surface area (Å²) >= 11 is 11.7. The Balaban J connectivity index is 2.43. The van der Waals surface area contributed by atoms with Gasteiger partial charge in [0.15, 0.2) is 5.15 Å². The predicted molar refractivity (Wildman–Crippen MR) is 65.8 cm³/mol. The average molecular weight is 266 g/mol. The summed E-state index contributed by atoms with van der Waals surface area (Å²) in [5.41, 5.74) is 0.829. The lowest BCUT2D eigenvalue weighted by molar-refractivity contribution is 0.160. The van der Waals surface area contributed by atoms with Crippen molar-refractivity contribution in [3.63, 3.8) is 0 Å². The molecular weight excluding hydrogens is 249 g/mol. The molecule has 2 N–H and O–H groups in total. The summed E-state index contributed by atoms with van der Waals surface area (Å²) in [6, 6.07) is 0. The summed E-state index contributed by atoms with van der Waals surface area (Å²) in [6.45, 7) is 3.14. The van der Waals surface area contributed by atoms with Crippen LogP contribution in [-0.2, 0) is 13.6 Å². The standard InChI is InChI=1S/C10H17Cl2N3O/c1-3-4-7(16)5-13-6-8-9(11)14-10(12)15(8)2/h7,13,16H,3-6H2,1-2H3. The molecule has 0 saturated heterocycles. The molecule has 92 valence electrons. The highest BCUT2D eigenvalue weighted by molar-refractivity contribution is 6.32. The highest BCUT2D eigenvalue weighted by Gasteiger charge is 2.11. The van der Waals surface area contributed by atoms with Crippen LogP contribution in [0.15, 0.2) is 0 Å². The number of nitrogens with one attached hydrogen (secondary N) is 1. The predicted octanol–water partition coefficient (Wildman–Crippen LogP) is 1.98. The van der Waals surface area contributed by atoms with Gasteiger partial charge in [0.1, 0.15) is 0 Å². The Kier molecular flexibility index (Phi) is 5.55. The van der Waals surface area contributed by atoms with E-state index in [2.05, 4.69) is 10.3 Å². The Labute approximate surface area is 106 Å². The Hall–Kier alpha value is -0.290. The number of aromatic nitrogens is 2. The maximum Gasteiger partial charge on any atom is 0.204 e. The van der Waals surface area contributed by atoms with Gasteiger partial charge in [-0.1, -0.05) is 24.9 Å². The fourth-order valence-corrected chi connectivity index (χ4v) is 1.96. The first-order valence-electron chi connectivity index (χ1n) is 5.31. The molecule has 1 aromatic heterocycles. The molecule has 0 radical (unpaired) electrons. The quantitative estimate of drug-likeness (QED) is 0.827. The van der Waals surface area contributed by atoms with Crippen molar-refractivity contribution in [3.05, 3.63) is 16.1 Å². The lowest BCUT2D eigenvalue weighted by atomic mass is 10.2. The molecule has 0 aliphatic heterocycles. The first-order chi connectivity index (χ1) is 7.56. The number of aliphatic hydroxyl groups excluding tert-OH is 1. The zero-order valence-electron chi connectivity index (χ0n) is 9.50. The monoisotopic (exact) mass is 265 g/mol. The fraction of sp³-hybridized carbons (Fsp3) is 0.700. The van der Waals surface area contributed by atoms with Crippen LogP contribution >= 0.6 is 23.2 Å². The molecule has 1 heterocycles. The first kappa shape index (κ1) is 13.8. The van der Waals surface area contributed by atoms with Crippen molar-refractivity contribution in [1.29, 1.82) is 0 Å². The minimum atomic E-state index is -0.313. The molecule has 0 spiro atoms. The topological polar surface area (TPSA) is 50.1 Å². The smallest absolute Gasteiger partial charge is 0.204 e. The molecule has 0 fully saturated rings. The lowest BCUT2D eigenvalue weighted by Crippen LogP contribution is -2.27. The molecule has 0 amide bonds. The van der Waals surface area contributed by atoms with E-state index in [4.69, 9.17) is 23.2 Å². The van der Waals surface area contributed by atoms with Crippen molar-refractivity contribution >= 4 is 23.2 Å². The highest BCUT2D eigenvalue weighted by Crippen LogP contribution is 2.18. The molecule has 1 aromatic rings. The maximum atomic E-state index is 9.53. The van der Waals surface area contributed by atoms with E-state index in [0.29, 0.717) is 23.5 Å². The SMILES string of the molecule is CCCC(O)CNCc1c(Cl)nc(Cl)n1C. The van der Waals surface area contributed by atoms with Crippen LogP contribution in [0.25, 0.3) is 0 Å². The molecule has 6 heteroatoms. The zero-order chi connectivity index (χ0) is 12.1. The number of hydrogen-bond acceptors (Lipinski definition) is 3. The highest BCUT2D eigenvalue weighted by atomic mass is 35.5. The van der Waals surface area contributed by atoms with Crippen LogP contribution in [0.2, 0.25) is 10.4 Å². The minimum absolute atomic E-state index is 0.313. The summed E-state index contributed by atoms with van der Waals surface area (Å²) in [4.78, 5) is 3.94. The van der Waals surface area contributed by atoms with Gasteiger partial charge in [-0.3, -0.25) is 0 Å². The van der Waals surface area contributed by atoms with E-state index in [9.17, 15) is 5.11 Å². The van der Waals surface area contributed by atoms with Crippen LogP contribution in [0.1, 0.15) is 25.5 Å². The third-order valence-electron chi connectivity index (χ3n) is 2.40. The Morgan fingerprint density at radius 2 is 2.19 bits per heavy atom. The van der Waals surface area contributed by atoms with Gasteiger partial charge in [-0.05, 0) is 18.0 Å². The van der Waals surface area contributed by atoms with Gasteiger partial charge in [0.2, 0.25) is 5.28 Å². The minimum Gasteiger partial charge on any atom is -0.392 e. The Bertz CT molecular complexity index is 341. The van der Waals surface area contributed by atoms with E-state index in [0.717, 1.165) is 18.5 Å². The molecule has 4 nitrogen and oxygen atoms in total. The van der Waals surface area contributed by atoms with Gasteiger partial charge in [0.25, 0.3) is 0 Å². The van der Waals surface area contributed by atoms with E-state index >= 15 is 0 Å². The third kappa shape index (κ3) is 3.63. The average Bonchev–Trinajstić information content (AvgIpc) is 2.45. The number of nitrogens with zero attached hydrogens (tertiary/aromatic N) is 2. The number of hydrogen-bond donors (Lipinski definition) is 2. The largest absolute Gasteiger partial charge is 0.392 e. The van der Waals surface area contributed by atoms with Crippen LogP contribution in [0, 0.1) is 0 Å². The van der Waals surface area contributed by atoms with Crippen molar-refractivity contribution in [2.45, 2.75) is 32.4 Å². The van der Waals surface area contributed by atoms with E-state index < -0.39 is 0 Å². The van der Waals surface area contributed by atoms with Gasteiger partial charge in [0.05, 0.1) is 11.8 Å². The van der Waals surface area contributed by atoms with Crippen molar-refractivity contribution in [3.8, 4) is 0 Å². The summed E-state index contributed by atoms with van der Waals surface area (Å²) in [6.07, 6.45) is 1.46. The van der Waals surface area contributed by atoms with Crippen molar-refractivity contribution in [2.24, 2.45) is 7.05 Å². The number of imidazole rings is 1. The van der Waals surface area contributed by atoms with Crippen molar-refractivity contribution in [2.75, 3.05) is 6.54 Å². The molecule has 1 atom stereocenters. The second kappa shape index (κ2) is 6.45. The summed E-state index contributed by atoms with van der Waals surface area (Å²) in [5.74, 6) is 0. The molecule has 0 saturated carbocycles. The molecule has 0 bridgehead atoms. The van der Waals surface area contributed by atoms with E-state index in [-0.39, 0.29) is 6.10 Å². The number of halogens is 2. The second-order valence-electron chi connectivity index (χ2n) is 3.75. The maximum absolute atomic E-state index is 9.53. The van der Waals surface area contributed by atoms with Crippen LogP contribution in [-0.4, -0.2) is 27.3 Å². The van der Waals surface area contributed by atoms with Gasteiger partial charge in [-0.25, -0.2) is 4.98 Å². The normalized spacial score (nSPS) is 13.1. The first-order valence-corrected chi connectivity index (χ1v) is 6.07. The molecule has 16 heavy (non-hydrogen) atoms. The number of rotatable bonds is 6. The van der Waals surface area contributed by atoms with Gasteiger partial charge in [-0.2, -0.15) is 0 Å². The van der Waals surface area contributed by atoms with E-state index in [1.807, 2.05) is 6.92 Å². The summed E-state index contributed by atoms with van der Waals surface area (Å²) in [7, 11) is 1.81. The van der Waals surface area contributed by atoms with Gasteiger partial charge >= 0.3 is 0 Å². The van der Waals surface area contributed by atoms with E-state index in [1.165, 1.54) is 0 Å². The summed E-state index contributed by atoms with van der Waals surface area (Å²) < 4.78 is 1.73. The van der Waals surface area contributed by atoms with Crippen LogP contribution in [0.4, 0.5) is 0 Å². The molecule has 1 unspecified atom stereocenters. The molecular formula is C10H17Cl2N3O. The number of aliphatic hydroxyl groups is 1. The summed E-state index contributed by atoms with van der Waals surface area (Å²) in [5, 5.41) is 13.4. The third-order valence-corrected chi connectivity index (χ3v) is 3.05. The van der Waals surface area contributed by atoms with Crippen LogP contribution in [0.5, 0.6) is 0 Å². The van der Waals surface area contributed by atoms with Crippen LogP contribution in [0.3, 0.4) is 0 Å². The lowest BCUT2D eigenvalue weighted by Gasteiger charge is -2.11. The fourth-order valence-electron chi connectivity index (χ4n) is 1.45. The Morgan fingerprint density at radius 1 is 1.50 bits per heavy atom. The molecule has 1 rings (SSSR count). The molecule has 0 aliphatic rings. The second-order valence-corrected chi connectivity index (χ2v) is 4.45. The van der Waals surface area contributed by atoms with Crippen molar-refractivity contribution < 1.29 is 5.11 Å². The van der Waals surface area contributed by atoms with Gasteiger partial charge in [0, 0.05) is 20.1 Å². The Morgan fingerprint density at radius 3 is 2.69 bits per heavy atom. The van der Waals surface area contributed by atoms with Gasteiger partial charge < -0.3 is 15.0 Å². The zero-order valence-corrected chi connectivity index (χ0v) is 11.0. The van der Waals surface area contributed by atoms with Crippen molar-refractivity contribution in [1.82, 2.24) is 14.9 Å². The van der Waals surface area contributed by atoms with Crippen LogP contribution < -0.4 is 5.32 Å². The molecule has 0 aromatic carbocycles. The van der Waals surface area contributed by atoms with E-state index in [1.54, 1.807) is 11.6 Å². The van der Waals surface area contributed by atoms with Gasteiger partial charge in [-0.15, -0.1) is 0 Å².